The summed E-state index contributed by atoms with van der Waals surface area (Å²) in [6.07, 6.45) is 1.51. The summed E-state index contributed by atoms with van der Waals surface area (Å²) >= 11 is 1.51. The van der Waals surface area contributed by atoms with Gasteiger partial charge in [-0.2, -0.15) is 4.73 Å². The molecule has 1 heterocycles. The van der Waals surface area contributed by atoms with E-state index in [1.54, 1.807) is 13.2 Å². The molecule has 94 valence electrons. The Morgan fingerprint density at radius 2 is 2.11 bits per heavy atom. The number of aromatic nitrogens is 1. The van der Waals surface area contributed by atoms with Crippen molar-refractivity contribution in [2.45, 2.75) is 17.7 Å². The highest BCUT2D eigenvalue weighted by atomic mass is 32.2. The molecule has 0 aliphatic carbocycles. The Hall–Kier alpha value is -1.68. The van der Waals surface area contributed by atoms with E-state index in [1.165, 1.54) is 23.5 Å². The largest absolute Gasteiger partial charge is 0.618 e. The second kappa shape index (κ2) is 5.78. The van der Waals surface area contributed by atoms with Gasteiger partial charge in [0, 0.05) is 23.4 Å². The van der Waals surface area contributed by atoms with E-state index in [-0.39, 0.29) is 0 Å². The van der Waals surface area contributed by atoms with Gasteiger partial charge in [-0.15, -0.1) is 0 Å². The van der Waals surface area contributed by atoms with Crippen LogP contribution in [0.25, 0.3) is 0 Å². The van der Waals surface area contributed by atoms with Crippen molar-refractivity contribution in [3.63, 3.8) is 0 Å². The highest BCUT2D eigenvalue weighted by Gasteiger charge is 2.08. The minimum atomic E-state index is 0.695. The maximum absolute atomic E-state index is 11.5. The van der Waals surface area contributed by atoms with Gasteiger partial charge in [0.1, 0.15) is 5.75 Å². The lowest BCUT2D eigenvalue weighted by Gasteiger charge is -2.09. The third-order valence-corrected chi connectivity index (χ3v) is 3.67. The Morgan fingerprint density at radius 3 is 2.83 bits per heavy atom. The lowest BCUT2D eigenvalue weighted by molar-refractivity contribution is -0.645. The van der Waals surface area contributed by atoms with Gasteiger partial charge in [-0.25, -0.2) is 0 Å². The molecule has 0 amide bonds. The van der Waals surface area contributed by atoms with Gasteiger partial charge < -0.3 is 9.94 Å². The first kappa shape index (κ1) is 12.8. The molecule has 0 aliphatic heterocycles. The zero-order valence-corrected chi connectivity index (χ0v) is 11.2. The fourth-order valence-electron chi connectivity index (χ4n) is 1.70. The Morgan fingerprint density at radius 1 is 1.28 bits per heavy atom. The Balaban J connectivity index is 2.15. The van der Waals surface area contributed by atoms with E-state index in [4.69, 9.17) is 4.74 Å². The molecule has 1 aromatic carbocycles. The van der Waals surface area contributed by atoms with E-state index in [0.717, 1.165) is 21.8 Å². The van der Waals surface area contributed by atoms with E-state index in [1.807, 2.05) is 31.2 Å². The summed E-state index contributed by atoms with van der Waals surface area (Å²) in [7, 11) is 1.66. The van der Waals surface area contributed by atoms with Crippen molar-refractivity contribution in [1.82, 2.24) is 0 Å². The molecule has 0 saturated heterocycles. The van der Waals surface area contributed by atoms with Crippen molar-refractivity contribution >= 4 is 11.8 Å². The van der Waals surface area contributed by atoms with Crippen molar-refractivity contribution in [3.8, 4) is 5.75 Å². The minimum absolute atomic E-state index is 0.695. The summed E-state index contributed by atoms with van der Waals surface area (Å²) < 4.78 is 6.20. The highest BCUT2D eigenvalue weighted by Crippen LogP contribution is 2.27. The van der Waals surface area contributed by atoms with Crippen LogP contribution in [0.5, 0.6) is 5.75 Å². The molecule has 18 heavy (non-hydrogen) atoms. The molecule has 0 N–H and O–H groups in total. The van der Waals surface area contributed by atoms with Crippen LogP contribution in [-0.4, -0.2) is 7.11 Å². The van der Waals surface area contributed by atoms with E-state index < -0.39 is 0 Å². The zero-order valence-electron chi connectivity index (χ0n) is 10.4. The van der Waals surface area contributed by atoms with E-state index in [2.05, 4.69) is 6.07 Å². The maximum atomic E-state index is 11.5. The SMILES string of the molecule is COc1ccc(C)cc1CSc1cccc[n+]1[O-]. The molecular weight excluding hydrogens is 246 g/mol. The summed E-state index contributed by atoms with van der Waals surface area (Å²) in [6, 6.07) is 11.5. The number of methoxy groups -OCH3 is 1. The van der Waals surface area contributed by atoms with E-state index in [9.17, 15) is 5.21 Å². The third kappa shape index (κ3) is 2.96. The Labute approximate surface area is 111 Å². The summed E-state index contributed by atoms with van der Waals surface area (Å²) in [6.45, 7) is 2.05. The van der Waals surface area contributed by atoms with Gasteiger partial charge in [0.15, 0.2) is 6.20 Å². The molecule has 1 aromatic heterocycles. The number of aryl methyl sites for hydroxylation is 1. The molecule has 0 unspecified atom stereocenters. The van der Waals surface area contributed by atoms with Crippen LogP contribution < -0.4 is 9.47 Å². The van der Waals surface area contributed by atoms with Crippen LogP contribution in [0.2, 0.25) is 0 Å². The van der Waals surface area contributed by atoms with Gasteiger partial charge in [-0.3, -0.25) is 0 Å². The van der Waals surface area contributed by atoms with E-state index >= 15 is 0 Å². The first-order valence-electron chi connectivity index (χ1n) is 5.65. The molecule has 0 saturated carbocycles. The minimum Gasteiger partial charge on any atom is -0.618 e. The summed E-state index contributed by atoms with van der Waals surface area (Å²) in [5, 5.41) is 12.2. The molecule has 0 spiro atoms. The standard InChI is InChI=1S/C14H15NO2S/c1-11-6-7-13(17-2)12(9-11)10-18-14-5-3-4-8-15(14)16/h3-9H,10H2,1-2H3. The molecule has 0 atom stereocenters. The van der Waals surface area contributed by atoms with Gasteiger partial charge >= 0.3 is 0 Å². The molecule has 2 aromatic rings. The first-order chi connectivity index (χ1) is 8.70. The van der Waals surface area contributed by atoms with Crippen molar-refractivity contribution in [2.75, 3.05) is 7.11 Å². The number of benzene rings is 1. The van der Waals surface area contributed by atoms with Gasteiger partial charge in [0.25, 0.3) is 5.03 Å². The van der Waals surface area contributed by atoms with Crippen LogP contribution in [-0.2, 0) is 5.75 Å². The molecule has 2 rings (SSSR count). The predicted molar refractivity (Wildman–Crippen MR) is 72.7 cm³/mol. The number of hydrogen-bond acceptors (Lipinski definition) is 3. The van der Waals surface area contributed by atoms with Crippen molar-refractivity contribution in [2.24, 2.45) is 0 Å². The normalized spacial score (nSPS) is 10.3. The smallest absolute Gasteiger partial charge is 0.251 e. The highest BCUT2D eigenvalue weighted by molar-refractivity contribution is 7.98. The predicted octanol–water partition coefficient (Wildman–Crippen LogP) is 2.93. The second-order valence-electron chi connectivity index (χ2n) is 3.97. The van der Waals surface area contributed by atoms with Gasteiger partial charge in [0.2, 0.25) is 0 Å². The van der Waals surface area contributed by atoms with Crippen LogP contribution in [0.4, 0.5) is 0 Å². The monoisotopic (exact) mass is 261 g/mol. The maximum Gasteiger partial charge on any atom is 0.251 e. The van der Waals surface area contributed by atoms with Gasteiger partial charge in [-0.1, -0.05) is 29.5 Å². The fourth-order valence-corrected chi connectivity index (χ4v) is 2.59. The molecule has 0 radical (unpaired) electrons. The van der Waals surface area contributed by atoms with Crippen LogP contribution in [0.3, 0.4) is 0 Å². The second-order valence-corrected chi connectivity index (χ2v) is 4.96. The van der Waals surface area contributed by atoms with Crippen LogP contribution >= 0.6 is 11.8 Å². The average Bonchev–Trinajstić information content (AvgIpc) is 2.38. The number of thioether (sulfide) groups is 1. The lowest BCUT2D eigenvalue weighted by Crippen LogP contribution is -2.27. The summed E-state index contributed by atoms with van der Waals surface area (Å²) in [5.41, 5.74) is 2.29. The van der Waals surface area contributed by atoms with Crippen molar-refractivity contribution in [1.29, 1.82) is 0 Å². The van der Waals surface area contributed by atoms with Crippen molar-refractivity contribution in [3.05, 3.63) is 58.9 Å². The number of pyridine rings is 1. The zero-order chi connectivity index (χ0) is 13.0. The number of ether oxygens (including phenoxy) is 1. The molecule has 0 bridgehead atoms. The Bertz CT molecular complexity index is 543. The molecule has 3 nitrogen and oxygen atoms in total. The molecule has 0 aliphatic rings. The molecule has 4 heteroatoms. The van der Waals surface area contributed by atoms with Crippen LogP contribution in [0, 0.1) is 12.1 Å². The average molecular weight is 261 g/mol. The van der Waals surface area contributed by atoms with Crippen LogP contribution in [0.1, 0.15) is 11.1 Å². The molecular formula is C14H15NO2S. The van der Waals surface area contributed by atoms with E-state index in [0.29, 0.717) is 5.03 Å². The molecule has 0 fully saturated rings. The quantitative estimate of drug-likeness (QED) is 0.482. The number of nitrogens with zero attached hydrogens (tertiary/aromatic N) is 1. The Kier molecular flexibility index (Phi) is 4.10. The number of hydrogen-bond donors (Lipinski definition) is 0. The number of rotatable bonds is 4. The topological polar surface area (TPSA) is 36.2 Å². The van der Waals surface area contributed by atoms with Gasteiger partial charge in [0.05, 0.1) is 7.11 Å². The first-order valence-corrected chi connectivity index (χ1v) is 6.64. The third-order valence-electron chi connectivity index (χ3n) is 2.60. The summed E-state index contributed by atoms with van der Waals surface area (Å²) in [5.74, 6) is 1.58. The summed E-state index contributed by atoms with van der Waals surface area (Å²) in [4.78, 5) is 0. The van der Waals surface area contributed by atoms with Crippen molar-refractivity contribution < 1.29 is 9.47 Å². The van der Waals surface area contributed by atoms with Crippen LogP contribution in [0.15, 0.2) is 47.6 Å². The lowest BCUT2D eigenvalue weighted by atomic mass is 10.1. The van der Waals surface area contributed by atoms with Gasteiger partial charge in [-0.05, 0) is 19.1 Å². The fraction of sp³-hybridized carbons (Fsp3) is 0.214.